The van der Waals surface area contributed by atoms with E-state index in [2.05, 4.69) is 22.6 Å². The molecule has 0 aromatic rings. The first-order chi connectivity index (χ1) is 6.84. The smallest absolute Gasteiger partial charge is 0.0431 e. The number of aliphatic hydroxyl groups is 1. The summed E-state index contributed by atoms with van der Waals surface area (Å²) in [7, 11) is 0. The van der Waals surface area contributed by atoms with Crippen LogP contribution in [0.4, 0.5) is 0 Å². The maximum Gasteiger partial charge on any atom is 0.0431 e. The molecule has 1 saturated carbocycles. The van der Waals surface area contributed by atoms with Crippen LogP contribution in [0.2, 0.25) is 0 Å². The van der Waals surface area contributed by atoms with Crippen molar-refractivity contribution in [3.8, 4) is 0 Å². The Labute approximate surface area is 102 Å². The van der Waals surface area contributed by atoms with E-state index < -0.39 is 0 Å². The molecule has 84 valence electrons. The van der Waals surface area contributed by atoms with Crippen LogP contribution in [0.15, 0.2) is 0 Å². The molecule has 0 spiro atoms. The molecule has 0 amide bonds. The van der Waals surface area contributed by atoms with Crippen molar-refractivity contribution in [3.05, 3.63) is 0 Å². The van der Waals surface area contributed by atoms with Gasteiger partial charge in [-0.3, -0.25) is 0 Å². The molecule has 1 aliphatic rings. The number of alkyl halides is 1. The van der Waals surface area contributed by atoms with Crippen LogP contribution >= 0.6 is 22.6 Å². The molecule has 14 heavy (non-hydrogen) atoms. The van der Waals surface area contributed by atoms with Crippen molar-refractivity contribution in [2.75, 3.05) is 6.61 Å². The second-order valence-corrected chi connectivity index (χ2v) is 6.10. The minimum Gasteiger partial charge on any atom is -0.396 e. The third-order valence-corrected chi connectivity index (χ3v) is 4.59. The highest BCUT2D eigenvalue weighted by atomic mass is 127. The molecule has 0 unspecified atom stereocenters. The van der Waals surface area contributed by atoms with E-state index in [0.717, 1.165) is 16.3 Å². The van der Waals surface area contributed by atoms with Crippen LogP contribution in [-0.4, -0.2) is 15.6 Å². The van der Waals surface area contributed by atoms with Crippen molar-refractivity contribution < 1.29 is 5.11 Å². The van der Waals surface area contributed by atoms with Crippen molar-refractivity contribution in [2.24, 2.45) is 5.92 Å². The van der Waals surface area contributed by atoms with Gasteiger partial charge in [-0.1, -0.05) is 61.1 Å². The molecule has 0 bridgehead atoms. The normalized spacial score (nSPS) is 25.3. The third-order valence-electron chi connectivity index (χ3n) is 3.07. The molecule has 0 heterocycles. The van der Waals surface area contributed by atoms with Gasteiger partial charge in [0, 0.05) is 10.5 Å². The quantitative estimate of drug-likeness (QED) is 0.389. The highest BCUT2D eigenvalue weighted by Gasteiger charge is 2.33. The van der Waals surface area contributed by atoms with Gasteiger partial charge >= 0.3 is 0 Å². The molecular weight excluding hydrogens is 287 g/mol. The maximum absolute atomic E-state index is 8.60. The molecule has 2 heteroatoms. The molecule has 1 fully saturated rings. The summed E-state index contributed by atoms with van der Waals surface area (Å²) in [6.07, 6.45) is 12.2. The van der Waals surface area contributed by atoms with Gasteiger partial charge in [-0.2, -0.15) is 0 Å². The summed E-state index contributed by atoms with van der Waals surface area (Å²) in [5.74, 6) is 1.07. The second-order valence-electron chi connectivity index (χ2n) is 4.50. The van der Waals surface area contributed by atoms with E-state index in [1.165, 1.54) is 51.4 Å². The van der Waals surface area contributed by atoms with Gasteiger partial charge in [0.15, 0.2) is 0 Å². The van der Waals surface area contributed by atoms with Gasteiger partial charge in [0.25, 0.3) is 0 Å². The fourth-order valence-electron chi connectivity index (χ4n) is 1.91. The van der Waals surface area contributed by atoms with E-state index in [1.807, 2.05) is 0 Å². The fraction of sp³-hybridized carbons (Fsp3) is 1.00. The number of hydrogen-bond donors (Lipinski definition) is 1. The Hall–Kier alpha value is 0.690. The molecule has 1 N–H and O–H groups in total. The third kappa shape index (κ3) is 6.23. The number of hydrogen-bond acceptors (Lipinski definition) is 1. The summed E-state index contributed by atoms with van der Waals surface area (Å²) in [4.78, 5) is 0. The molecule has 2 atom stereocenters. The standard InChI is InChI=1S/C12H23IO/c13-12-10-11(12)8-6-4-2-1-3-5-7-9-14/h11-12,14H,1-10H2/t11-,12-/m1/s1. The molecule has 0 radical (unpaired) electrons. The lowest BCUT2D eigenvalue weighted by Crippen LogP contribution is -1.85. The van der Waals surface area contributed by atoms with Crippen LogP contribution in [-0.2, 0) is 0 Å². The summed E-state index contributed by atoms with van der Waals surface area (Å²) < 4.78 is 1.01. The van der Waals surface area contributed by atoms with Crippen LogP contribution in [0.3, 0.4) is 0 Å². The van der Waals surface area contributed by atoms with Crippen molar-refractivity contribution in [1.29, 1.82) is 0 Å². The minimum absolute atomic E-state index is 0.374. The predicted octanol–water partition coefficient (Wildman–Crippen LogP) is 3.92. The summed E-state index contributed by atoms with van der Waals surface area (Å²) in [5, 5.41) is 8.60. The molecule has 0 aromatic heterocycles. The molecule has 0 aromatic carbocycles. The fourth-order valence-corrected chi connectivity index (χ4v) is 2.92. The minimum atomic E-state index is 0.374. The predicted molar refractivity (Wildman–Crippen MR) is 69.9 cm³/mol. The Balaban J connectivity index is 1.68. The lowest BCUT2D eigenvalue weighted by molar-refractivity contribution is 0.282. The topological polar surface area (TPSA) is 20.2 Å². The van der Waals surface area contributed by atoms with E-state index in [9.17, 15) is 0 Å². The zero-order chi connectivity index (χ0) is 10.2. The van der Waals surface area contributed by atoms with Crippen LogP contribution < -0.4 is 0 Å². The van der Waals surface area contributed by atoms with Gasteiger partial charge in [-0.25, -0.2) is 0 Å². The zero-order valence-electron chi connectivity index (χ0n) is 9.05. The van der Waals surface area contributed by atoms with Crippen molar-refractivity contribution in [2.45, 2.75) is 61.7 Å². The number of halogens is 1. The highest BCUT2D eigenvalue weighted by molar-refractivity contribution is 14.1. The molecule has 0 saturated heterocycles. The zero-order valence-corrected chi connectivity index (χ0v) is 11.2. The number of rotatable bonds is 9. The van der Waals surface area contributed by atoms with Crippen LogP contribution in [0.25, 0.3) is 0 Å². The number of unbranched alkanes of at least 4 members (excludes halogenated alkanes) is 6. The summed E-state index contributed by atoms with van der Waals surface area (Å²) in [6, 6.07) is 0. The van der Waals surface area contributed by atoms with E-state index in [0.29, 0.717) is 6.61 Å². The van der Waals surface area contributed by atoms with E-state index in [1.54, 1.807) is 0 Å². The molecule has 1 rings (SSSR count). The SMILES string of the molecule is OCCCCCCCCC[C@@H]1C[C@H]1I. The first-order valence-electron chi connectivity index (χ1n) is 6.09. The highest BCUT2D eigenvalue weighted by Crippen LogP contribution is 2.41. The number of aliphatic hydroxyl groups excluding tert-OH is 1. The van der Waals surface area contributed by atoms with Gasteiger partial charge in [-0.05, 0) is 25.2 Å². The molecule has 1 nitrogen and oxygen atoms in total. The van der Waals surface area contributed by atoms with Gasteiger partial charge in [-0.15, -0.1) is 0 Å². The van der Waals surface area contributed by atoms with E-state index in [-0.39, 0.29) is 0 Å². The van der Waals surface area contributed by atoms with Gasteiger partial charge < -0.3 is 5.11 Å². The monoisotopic (exact) mass is 310 g/mol. The van der Waals surface area contributed by atoms with Crippen molar-refractivity contribution >= 4 is 22.6 Å². The van der Waals surface area contributed by atoms with Gasteiger partial charge in [0.05, 0.1) is 0 Å². The Morgan fingerprint density at radius 1 is 0.929 bits per heavy atom. The van der Waals surface area contributed by atoms with Crippen molar-refractivity contribution in [1.82, 2.24) is 0 Å². The first kappa shape index (κ1) is 12.8. The Morgan fingerprint density at radius 3 is 1.93 bits per heavy atom. The summed E-state index contributed by atoms with van der Waals surface area (Å²) in [5.41, 5.74) is 0. The Morgan fingerprint density at radius 2 is 1.43 bits per heavy atom. The largest absolute Gasteiger partial charge is 0.396 e. The van der Waals surface area contributed by atoms with Crippen LogP contribution in [0.5, 0.6) is 0 Å². The first-order valence-corrected chi connectivity index (χ1v) is 7.34. The lowest BCUT2D eigenvalue weighted by atomic mass is 10.1. The van der Waals surface area contributed by atoms with Crippen LogP contribution in [0.1, 0.15) is 57.8 Å². The van der Waals surface area contributed by atoms with E-state index >= 15 is 0 Å². The Kier molecular flexibility index (Phi) is 7.21. The average molecular weight is 310 g/mol. The lowest BCUT2D eigenvalue weighted by Gasteiger charge is -2.00. The van der Waals surface area contributed by atoms with Gasteiger partial charge in [0.1, 0.15) is 0 Å². The van der Waals surface area contributed by atoms with Crippen molar-refractivity contribution in [3.63, 3.8) is 0 Å². The van der Waals surface area contributed by atoms with E-state index in [4.69, 9.17) is 5.11 Å². The molecule has 0 aliphatic heterocycles. The Bertz CT molecular complexity index is 138. The second kappa shape index (κ2) is 7.91. The summed E-state index contributed by atoms with van der Waals surface area (Å²) >= 11 is 2.58. The van der Waals surface area contributed by atoms with Gasteiger partial charge in [0.2, 0.25) is 0 Å². The maximum atomic E-state index is 8.60. The average Bonchev–Trinajstić information content (AvgIpc) is 2.87. The summed E-state index contributed by atoms with van der Waals surface area (Å²) in [6.45, 7) is 0.374. The molecule has 1 aliphatic carbocycles. The van der Waals surface area contributed by atoms with Crippen LogP contribution in [0, 0.1) is 5.92 Å². The molecular formula is C12H23IO.